The number of hydrogen-bond acceptors (Lipinski definition) is 6. The summed E-state index contributed by atoms with van der Waals surface area (Å²) < 4.78 is 33.2. The van der Waals surface area contributed by atoms with Gasteiger partial charge >= 0.3 is 12.6 Å². The Morgan fingerprint density at radius 2 is 2.10 bits per heavy atom. The second-order valence-electron chi connectivity index (χ2n) is 3.78. The number of rotatable bonds is 6. The zero-order valence-corrected chi connectivity index (χ0v) is 11.8. The average molecular weight is 314 g/mol. The summed E-state index contributed by atoms with van der Waals surface area (Å²) in [6.07, 6.45) is 0. The van der Waals surface area contributed by atoms with Crippen molar-refractivity contribution in [2.75, 3.05) is 11.9 Å². The van der Waals surface area contributed by atoms with E-state index in [1.165, 1.54) is 29.0 Å². The summed E-state index contributed by atoms with van der Waals surface area (Å²) in [6, 6.07) is 5.93. The molecule has 1 aromatic heterocycles. The topological polar surface area (TPSA) is 60.5 Å². The standard InChI is InChI=1S/C13H12F2N2O3S/c1-2-19-12(18)10-11(21-7-16-10)17-8-3-5-9(6-4-8)20-13(14)15/h3-7,13,17H,2H2,1H3. The monoisotopic (exact) mass is 314 g/mol. The predicted octanol–water partition coefficient (Wildman–Crippen LogP) is 3.66. The molecule has 1 N–H and O–H groups in total. The molecular formula is C13H12F2N2O3S. The molecule has 1 heterocycles. The Kier molecular flexibility index (Phi) is 5.04. The Labute approximate surface area is 123 Å². The quantitative estimate of drug-likeness (QED) is 0.824. The van der Waals surface area contributed by atoms with Gasteiger partial charge in [-0.25, -0.2) is 9.78 Å². The molecule has 2 rings (SSSR count). The molecule has 0 atom stereocenters. The van der Waals surface area contributed by atoms with Crippen LogP contribution in [0.15, 0.2) is 29.8 Å². The number of nitrogens with one attached hydrogen (secondary N) is 1. The highest BCUT2D eigenvalue weighted by Crippen LogP contribution is 2.27. The predicted molar refractivity (Wildman–Crippen MR) is 74.4 cm³/mol. The van der Waals surface area contributed by atoms with Crippen molar-refractivity contribution in [1.29, 1.82) is 0 Å². The number of esters is 1. The minimum atomic E-state index is -2.86. The van der Waals surface area contributed by atoms with E-state index in [1.54, 1.807) is 19.1 Å². The summed E-state index contributed by atoms with van der Waals surface area (Å²) >= 11 is 1.24. The SMILES string of the molecule is CCOC(=O)c1ncsc1Nc1ccc(OC(F)F)cc1. The van der Waals surface area contributed by atoms with E-state index in [4.69, 9.17) is 4.74 Å². The van der Waals surface area contributed by atoms with Crippen LogP contribution in [0.25, 0.3) is 0 Å². The van der Waals surface area contributed by atoms with Crippen molar-refractivity contribution < 1.29 is 23.0 Å². The second-order valence-corrected chi connectivity index (χ2v) is 4.63. The molecule has 2 aromatic rings. The van der Waals surface area contributed by atoms with Crippen molar-refractivity contribution >= 4 is 28.0 Å². The molecular weight excluding hydrogens is 302 g/mol. The zero-order valence-electron chi connectivity index (χ0n) is 11.0. The fourth-order valence-corrected chi connectivity index (χ4v) is 2.22. The Balaban J connectivity index is 2.08. The van der Waals surface area contributed by atoms with Crippen molar-refractivity contribution in [2.24, 2.45) is 0 Å². The molecule has 0 fully saturated rings. The highest BCUT2D eigenvalue weighted by molar-refractivity contribution is 7.14. The van der Waals surface area contributed by atoms with E-state index in [0.717, 1.165) is 0 Å². The Morgan fingerprint density at radius 1 is 1.38 bits per heavy atom. The zero-order chi connectivity index (χ0) is 15.2. The maximum Gasteiger partial charge on any atom is 0.387 e. The Morgan fingerprint density at radius 3 is 2.71 bits per heavy atom. The lowest BCUT2D eigenvalue weighted by molar-refractivity contribution is -0.0498. The van der Waals surface area contributed by atoms with E-state index < -0.39 is 12.6 Å². The van der Waals surface area contributed by atoms with Crippen LogP contribution < -0.4 is 10.1 Å². The Hall–Kier alpha value is -2.22. The van der Waals surface area contributed by atoms with Gasteiger partial charge in [-0.15, -0.1) is 11.3 Å². The van der Waals surface area contributed by atoms with Gasteiger partial charge < -0.3 is 14.8 Å². The van der Waals surface area contributed by atoms with Crippen LogP contribution in [0.2, 0.25) is 0 Å². The minimum absolute atomic E-state index is 0.0606. The molecule has 0 aliphatic heterocycles. The maximum absolute atomic E-state index is 12.0. The van der Waals surface area contributed by atoms with E-state index in [-0.39, 0.29) is 18.1 Å². The van der Waals surface area contributed by atoms with Crippen molar-refractivity contribution in [1.82, 2.24) is 4.98 Å². The third-order valence-electron chi connectivity index (χ3n) is 2.37. The summed E-state index contributed by atoms with van der Waals surface area (Å²) in [5.74, 6) is -0.454. The lowest BCUT2D eigenvalue weighted by Gasteiger charge is -2.08. The number of benzene rings is 1. The summed E-state index contributed by atoms with van der Waals surface area (Å²) in [5, 5.41) is 3.51. The van der Waals surface area contributed by atoms with Gasteiger partial charge in [0.15, 0.2) is 5.69 Å². The number of carbonyl (C=O) groups excluding carboxylic acids is 1. The van der Waals surface area contributed by atoms with Crippen LogP contribution in [0.3, 0.4) is 0 Å². The molecule has 1 aromatic carbocycles. The van der Waals surface area contributed by atoms with Gasteiger partial charge in [0.2, 0.25) is 0 Å². The number of carbonyl (C=O) groups is 1. The summed E-state index contributed by atoms with van der Waals surface area (Å²) in [6.45, 7) is -0.894. The van der Waals surface area contributed by atoms with E-state index in [9.17, 15) is 13.6 Å². The molecule has 0 aliphatic rings. The number of aromatic nitrogens is 1. The number of ether oxygens (including phenoxy) is 2. The maximum atomic E-state index is 12.0. The van der Waals surface area contributed by atoms with Gasteiger partial charge in [0, 0.05) is 5.69 Å². The molecule has 0 amide bonds. The number of halogens is 2. The molecule has 8 heteroatoms. The molecule has 0 saturated heterocycles. The van der Waals surface area contributed by atoms with Gasteiger partial charge in [-0.1, -0.05) is 0 Å². The van der Waals surface area contributed by atoms with Crippen LogP contribution in [0.4, 0.5) is 19.5 Å². The lowest BCUT2D eigenvalue weighted by atomic mass is 10.3. The minimum Gasteiger partial charge on any atom is -0.461 e. The van der Waals surface area contributed by atoms with Crippen LogP contribution >= 0.6 is 11.3 Å². The summed E-state index contributed by atoms with van der Waals surface area (Å²) in [7, 11) is 0. The van der Waals surface area contributed by atoms with E-state index in [0.29, 0.717) is 10.7 Å². The molecule has 0 unspecified atom stereocenters. The molecule has 0 bridgehead atoms. The highest BCUT2D eigenvalue weighted by atomic mass is 32.1. The first-order valence-corrected chi connectivity index (χ1v) is 6.90. The summed E-state index contributed by atoms with van der Waals surface area (Å²) in [5.41, 5.74) is 2.32. The van der Waals surface area contributed by atoms with Crippen LogP contribution in [0.1, 0.15) is 17.4 Å². The first-order chi connectivity index (χ1) is 10.1. The van der Waals surface area contributed by atoms with E-state index in [2.05, 4.69) is 15.0 Å². The largest absolute Gasteiger partial charge is 0.461 e. The van der Waals surface area contributed by atoms with Gasteiger partial charge in [-0.05, 0) is 31.2 Å². The van der Waals surface area contributed by atoms with Crippen molar-refractivity contribution in [3.05, 3.63) is 35.5 Å². The normalized spacial score (nSPS) is 10.5. The number of nitrogens with zero attached hydrogens (tertiary/aromatic N) is 1. The Bertz CT molecular complexity index is 602. The van der Waals surface area contributed by atoms with Crippen LogP contribution in [-0.4, -0.2) is 24.2 Å². The van der Waals surface area contributed by atoms with Crippen LogP contribution in [0.5, 0.6) is 5.75 Å². The van der Waals surface area contributed by atoms with Crippen LogP contribution in [-0.2, 0) is 4.74 Å². The first-order valence-electron chi connectivity index (χ1n) is 6.02. The number of anilines is 2. The third-order valence-corrected chi connectivity index (χ3v) is 3.12. The smallest absolute Gasteiger partial charge is 0.387 e. The average Bonchev–Trinajstić information content (AvgIpc) is 2.89. The molecule has 0 saturated carbocycles. The van der Waals surface area contributed by atoms with Crippen LogP contribution in [0, 0.1) is 0 Å². The lowest BCUT2D eigenvalue weighted by Crippen LogP contribution is -2.07. The van der Waals surface area contributed by atoms with Gasteiger partial charge in [0.05, 0.1) is 12.1 Å². The van der Waals surface area contributed by atoms with Crippen molar-refractivity contribution in [3.63, 3.8) is 0 Å². The molecule has 0 spiro atoms. The second kappa shape index (κ2) is 6.98. The third kappa shape index (κ3) is 4.12. The van der Waals surface area contributed by atoms with Crippen molar-refractivity contribution in [3.8, 4) is 5.75 Å². The van der Waals surface area contributed by atoms with Gasteiger partial charge in [0.25, 0.3) is 0 Å². The van der Waals surface area contributed by atoms with Crippen molar-refractivity contribution in [2.45, 2.75) is 13.5 Å². The molecule has 112 valence electrons. The number of hydrogen-bond donors (Lipinski definition) is 1. The molecule has 21 heavy (non-hydrogen) atoms. The first kappa shape index (κ1) is 15.2. The number of alkyl halides is 2. The molecule has 0 radical (unpaired) electrons. The van der Waals surface area contributed by atoms with E-state index >= 15 is 0 Å². The highest BCUT2D eigenvalue weighted by Gasteiger charge is 2.16. The summed E-state index contributed by atoms with van der Waals surface area (Å²) in [4.78, 5) is 15.6. The van der Waals surface area contributed by atoms with Gasteiger partial charge in [-0.3, -0.25) is 0 Å². The molecule has 5 nitrogen and oxygen atoms in total. The number of thiazole rings is 1. The van der Waals surface area contributed by atoms with Gasteiger partial charge in [-0.2, -0.15) is 8.78 Å². The molecule has 0 aliphatic carbocycles. The fourth-order valence-electron chi connectivity index (χ4n) is 1.53. The van der Waals surface area contributed by atoms with E-state index in [1.807, 2.05) is 0 Å². The fraction of sp³-hybridized carbons (Fsp3) is 0.231. The van der Waals surface area contributed by atoms with Gasteiger partial charge in [0.1, 0.15) is 10.8 Å².